The number of ether oxygens (including phenoxy) is 2. The summed E-state index contributed by atoms with van der Waals surface area (Å²) in [6.45, 7) is 11.4. The summed E-state index contributed by atoms with van der Waals surface area (Å²) >= 11 is 0. The molecule has 0 heterocycles. The van der Waals surface area contributed by atoms with Gasteiger partial charge in [0.05, 0.1) is 12.5 Å². The smallest absolute Gasteiger partial charge is 0.317 e. The molecule has 1 aromatic rings. The second kappa shape index (κ2) is 11.1. The molecule has 8 atom stereocenters. The Labute approximate surface area is 236 Å². The van der Waals surface area contributed by atoms with Gasteiger partial charge >= 0.3 is 5.97 Å². The molecule has 4 aliphatic rings. The molecule has 4 fully saturated rings. The Morgan fingerprint density at radius 3 is 2.62 bits per heavy atom. The van der Waals surface area contributed by atoms with Gasteiger partial charge in [0.1, 0.15) is 6.29 Å². The fourth-order valence-corrected chi connectivity index (χ4v) is 10.4. The van der Waals surface area contributed by atoms with Crippen LogP contribution in [-0.2, 0) is 16.0 Å². The SMILES string of the molecule is C=CCc1ccc(OC(=O)C23CCCC2C2CCC4C(C)(CCCC=O)C(C)CCC4(C)C2CC3)c(OC)c1. The van der Waals surface area contributed by atoms with Crippen molar-refractivity contribution in [2.45, 2.75) is 104 Å². The van der Waals surface area contributed by atoms with Crippen LogP contribution in [0.15, 0.2) is 30.9 Å². The lowest BCUT2D eigenvalue weighted by molar-refractivity contribution is -0.179. The highest BCUT2D eigenvalue weighted by molar-refractivity contribution is 5.81. The van der Waals surface area contributed by atoms with E-state index < -0.39 is 0 Å². The lowest BCUT2D eigenvalue weighted by atomic mass is 9.39. The molecule has 214 valence electrons. The zero-order valence-corrected chi connectivity index (χ0v) is 24.8. The third kappa shape index (κ3) is 4.68. The van der Waals surface area contributed by atoms with E-state index in [2.05, 4.69) is 27.4 Å². The van der Waals surface area contributed by atoms with Crippen LogP contribution >= 0.6 is 0 Å². The summed E-state index contributed by atoms with van der Waals surface area (Å²) in [5, 5.41) is 0. The summed E-state index contributed by atoms with van der Waals surface area (Å²) in [6.07, 6.45) is 17.0. The second-order valence-corrected chi connectivity index (χ2v) is 14.0. The summed E-state index contributed by atoms with van der Waals surface area (Å²) in [6, 6.07) is 5.86. The summed E-state index contributed by atoms with van der Waals surface area (Å²) in [5.74, 6) is 4.28. The highest BCUT2D eigenvalue weighted by Gasteiger charge is 2.64. The number of unbranched alkanes of at least 4 members (excludes halogenated alkanes) is 1. The van der Waals surface area contributed by atoms with Gasteiger partial charge in [0.2, 0.25) is 0 Å². The van der Waals surface area contributed by atoms with Crippen LogP contribution in [0.4, 0.5) is 0 Å². The van der Waals surface area contributed by atoms with Gasteiger partial charge < -0.3 is 14.3 Å². The van der Waals surface area contributed by atoms with Crippen molar-refractivity contribution in [3.05, 3.63) is 36.4 Å². The van der Waals surface area contributed by atoms with Gasteiger partial charge in [-0.3, -0.25) is 4.79 Å². The predicted octanol–water partition coefficient (Wildman–Crippen LogP) is 8.36. The Morgan fingerprint density at radius 1 is 1.05 bits per heavy atom. The van der Waals surface area contributed by atoms with E-state index in [-0.39, 0.29) is 11.4 Å². The van der Waals surface area contributed by atoms with Crippen molar-refractivity contribution in [2.24, 2.45) is 45.8 Å². The molecule has 0 aliphatic heterocycles. The molecule has 4 saturated carbocycles. The molecule has 5 rings (SSSR count). The molecule has 1 aromatic carbocycles. The molecule has 0 spiro atoms. The van der Waals surface area contributed by atoms with Crippen molar-refractivity contribution in [1.29, 1.82) is 0 Å². The molecule has 0 N–H and O–H groups in total. The normalized spacial score (nSPS) is 39.1. The topological polar surface area (TPSA) is 52.6 Å². The van der Waals surface area contributed by atoms with Gasteiger partial charge in [-0.05, 0) is 129 Å². The molecule has 0 radical (unpaired) electrons. The van der Waals surface area contributed by atoms with Gasteiger partial charge in [-0.1, -0.05) is 39.3 Å². The van der Waals surface area contributed by atoms with E-state index in [4.69, 9.17) is 9.47 Å². The Bertz CT molecular complexity index is 1080. The van der Waals surface area contributed by atoms with E-state index in [9.17, 15) is 9.59 Å². The number of carbonyl (C=O) groups excluding carboxylic acids is 2. The Morgan fingerprint density at radius 2 is 1.87 bits per heavy atom. The first-order valence-corrected chi connectivity index (χ1v) is 15.7. The fraction of sp³-hybridized carbons (Fsp3) is 0.714. The van der Waals surface area contributed by atoms with E-state index in [1.807, 2.05) is 24.3 Å². The number of hydrogen-bond donors (Lipinski definition) is 0. The van der Waals surface area contributed by atoms with Crippen molar-refractivity contribution < 1.29 is 19.1 Å². The minimum atomic E-state index is -0.357. The van der Waals surface area contributed by atoms with Crippen molar-refractivity contribution >= 4 is 12.3 Å². The minimum absolute atomic E-state index is 0.0264. The quantitative estimate of drug-likeness (QED) is 0.105. The number of allylic oxidation sites excluding steroid dienone is 1. The molecule has 8 unspecified atom stereocenters. The zero-order chi connectivity index (χ0) is 27.8. The van der Waals surface area contributed by atoms with Crippen LogP contribution in [0.25, 0.3) is 0 Å². The van der Waals surface area contributed by atoms with Crippen LogP contribution in [0.2, 0.25) is 0 Å². The molecular formula is C35H50O4. The number of aldehydes is 1. The first kappa shape index (κ1) is 28.4. The number of methoxy groups -OCH3 is 1. The van der Waals surface area contributed by atoms with E-state index in [0.717, 1.165) is 63.2 Å². The lowest BCUT2D eigenvalue weighted by Crippen LogP contribution is -2.59. The maximum absolute atomic E-state index is 14.1. The van der Waals surface area contributed by atoms with E-state index in [1.54, 1.807) is 7.11 Å². The highest BCUT2D eigenvalue weighted by Crippen LogP contribution is 2.70. The van der Waals surface area contributed by atoms with E-state index in [1.165, 1.54) is 25.7 Å². The van der Waals surface area contributed by atoms with Crippen LogP contribution in [0.5, 0.6) is 11.5 Å². The van der Waals surface area contributed by atoms with Crippen molar-refractivity contribution in [3.63, 3.8) is 0 Å². The Balaban J connectivity index is 1.38. The lowest BCUT2D eigenvalue weighted by Gasteiger charge is -2.65. The van der Waals surface area contributed by atoms with Gasteiger partial charge in [0.15, 0.2) is 11.5 Å². The molecular weight excluding hydrogens is 484 g/mol. The zero-order valence-electron chi connectivity index (χ0n) is 24.8. The summed E-state index contributed by atoms with van der Waals surface area (Å²) in [7, 11) is 1.64. The number of rotatable bonds is 9. The van der Waals surface area contributed by atoms with Crippen LogP contribution in [0.1, 0.15) is 103 Å². The summed E-state index contributed by atoms with van der Waals surface area (Å²) in [4.78, 5) is 25.2. The molecule has 0 amide bonds. The molecule has 0 saturated heterocycles. The standard InChI is InChI=1S/C35H50O4/c1-6-10-25-12-14-29(30(23-25)38-5)39-32(37)35-19-9-11-28(35)26-13-15-31-33(3,18-7-8-22-36)24(2)16-20-34(31,4)27(26)17-21-35/h6,12,14,22-24,26-28,31H,1,7-11,13,15-21H2,2-5H3. The molecule has 0 bridgehead atoms. The third-order valence-corrected chi connectivity index (χ3v) is 12.5. The summed E-state index contributed by atoms with van der Waals surface area (Å²) < 4.78 is 11.8. The van der Waals surface area contributed by atoms with Crippen molar-refractivity contribution in [2.75, 3.05) is 7.11 Å². The molecule has 39 heavy (non-hydrogen) atoms. The van der Waals surface area contributed by atoms with Gasteiger partial charge in [0.25, 0.3) is 0 Å². The first-order chi connectivity index (χ1) is 18.7. The average Bonchev–Trinajstić information content (AvgIpc) is 3.38. The molecule has 4 aliphatic carbocycles. The van der Waals surface area contributed by atoms with E-state index in [0.29, 0.717) is 58.3 Å². The highest BCUT2D eigenvalue weighted by atomic mass is 16.6. The monoisotopic (exact) mass is 534 g/mol. The Kier molecular flexibility index (Phi) is 8.06. The van der Waals surface area contributed by atoms with Crippen LogP contribution < -0.4 is 9.47 Å². The van der Waals surface area contributed by atoms with Crippen molar-refractivity contribution in [3.8, 4) is 11.5 Å². The molecule has 0 aromatic heterocycles. The number of carbonyl (C=O) groups is 2. The Hall–Kier alpha value is -2.10. The predicted molar refractivity (Wildman–Crippen MR) is 156 cm³/mol. The molecule has 4 heteroatoms. The van der Waals surface area contributed by atoms with Crippen LogP contribution in [0.3, 0.4) is 0 Å². The van der Waals surface area contributed by atoms with Gasteiger partial charge in [-0.15, -0.1) is 6.58 Å². The fourth-order valence-electron chi connectivity index (χ4n) is 10.4. The maximum atomic E-state index is 14.1. The number of fused-ring (bicyclic) bond motifs is 5. The minimum Gasteiger partial charge on any atom is -0.493 e. The van der Waals surface area contributed by atoms with Crippen LogP contribution in [0, 0.1) is 45.8 Å². The van der Waals surface area contributed by atoms with Gasteiger partial charge in [-0.25, -0.2) is 0 Å². The maximum Gasteiger partial charge on any atom is 0.317 e. The second-order valence-electron chi connectivity index (χ2n) is 14.0. The number of esters is 1. The molecule has 4 nitrogen and oxygen atoms in total. The largest absolute Gasteiger partial charge is 0.493 e. The van der Waals surface area contributed by atoms with Crippen molar-refractivity contribution in [1.82, 2.24) is 0 Å². The first-order valence-electron chi connectivity index (χ1n) is 15.7. The summed E-state index contributed by atoms with van der Waals surface area (Å²) in [5.41, 5.74) is 1.38. The van der Waals surface area contributed by atoms with Gasteiger partial charge in [0, 0.05) is 6.42 Å². The number of hydrogen-bond acceptors (Lipinski definition) is 4. The third-order valence-electron chi connectivity index (χ3n) is 12.5. The average molecular weight is 535 g/mol. The van der Waals surface area contributed by atoms with E-state index >= 15 is 0 Å². The van der Waals surface area contributed by atoms with Gasteiger partial charge in [-0.2, -0.15) is 0 Å². The number of benzene rings is 1. The van der Waals surface area contributed by atoms with Crippen LogP contribution in [-0.4, -0.2) is 19.4 Å².